The summed E-state index contributed by atoms with van der Waals surface area (Å²) in [7, 11) is 1.56. The maximum absolute atomic E-state index is 5.75. The topological polar surface area (TPSA) is 66.6 Å². The molecule has 1 aromatic rings. The third kappa shape index (κ3) is 2.55. The molecule has 1 aliphatic heterocycles. The minimum absolute atomic E-state index is 0.160. The molecule has 1 fully saturated rings. The predicted molar refractivity (Wildman–Crippen MR) is 59.7 cm³/mol. The van der Waals surface area contributed by atoms with Crippen LogP contribution in [0.3, 0.4) is 0 Å². The van der Waals surface area contributed by atoms with Gasteiger partial charge in [-0.2, -0.15) is 4.98 Å². The molecule has 1 unspecified atom stereocenters. The minimum Gasteiger partial charge on any atom is -0.481 e. The second-order valence-electron chi connectivity index (χ2n) is 3.69. The molecular formula is C11H16N2O3. The van der Waals surface area contributed by atoms with Crippen LogP contribution in [0, 0.1) is 0 Å². The van der Waals surface area contributed by atoms with Crippen molar-refractivity contribution >= 4 is 5.69 Å². The summed E-state index contributed by atoms with van der Waals surface area (Å²) < 4.78 is 16.0. The van der Waals surface area contributed by atoms with Crippen molar-refractivity contribution in [3.05, 3.63) is 12.1 Å². The first-order valence-corrected chi connectivity index (χ1v) is 5.34. The van der Waals surface area contributed by atoms with E-state index in [0.717, 1.165) is 19.4 Å². The summed E-state index contributed by atoms with van der Waals surface area (Å²) in [5.74, 6) is 0.909. The number of rotatable bonds is 4. The highest BCUT2D eigenvalue weighted by Gasteiger charge is 2.17. The van der Waals surface area contributed by atoms with Gasteiger partial charge in [0.15, 0.2) is 0 Å². The normalized spacial score (nSPS) is 19.7. The number of methoxy groups -OCH3 is 1. The highest BCUT2D eigenvalue weighted by atomic mass is 16.5. The van der Waals surface area contributed by atoms with Crippen molar-refractivity contribution in [1.82, 2.24) is 4.98 Å². The molecule has 0 spiro atoms. The molecule has 1 aliphatic rings. The average molecular weight is 224 g/mol. The molecule has 2 rings (SSSR count). The number of hydrogen-bond acceptors (Lipinski definition) is 5. The van der Waals surface area contributed by atoms with Crippen LogP contribution < -0.4 is 15.2 Å². The van der Waals surface area contributed by atoms with Crippen molar-refractivity contribution in [2.75, 3.05) is 26.1 Å². The van der Waals surface area contributed by atoms with Gasteiger partial charge in [0.1, 0.15) is 6.61 Å². The Morgan fingerprint density at radius 1 is 1.56 bits per heavy atom. The summed E-state index contributed by atoms with van der Waals surface area (Å²) in [5, 5.41) is 0. The van der Waals surface area contributed by atoms with E-state index in [1.54, 1.807) is 19.2 Å². The average Bonchev–Trinajstić information content (AvgIpc) is 2.81. The maximum atomic E-state index is 5.75. The summed E-state index contributed by atoms with van der Waals surface area (Å²) in [4.78, 5) is 4.13. The van der Waals surface area contributed by atoms with Crippen LogP contribution in [0.15, 0.2) is 12.1 Å². The Morgan fingerprint density at radius 2 is 2.44 bits per heavy atom. The fourth-order valence-electron chi connectivity index (χ4n) is 1.61. The molecule has 88 valence electrons. The Hall–Kier alpha value is -1.49. The Labute approximate surface area is 94.5 Å². The van der Waals surface area contributed by atoms with Gasteiger partial charge in [0.25, 0.3) is 0 Å². The molecule has 0 amide bonds. The van der Waals surface area contributed by atoms with E-state index in [9.17, 15) is 0 Å². The van der Waals surface area contributed by atoms with E-state index in [1.807, 2.05) is 0 Å². The fourth-order valence-corrected chi connectivity index (χ4v) is 1.61. The van der Waals surface area contributed by atoms with Gasteiger partial charge in [-0.15, -0.1) is 0 Å². The van der Waals surface area contributed by atoms with E-state index in [4.69, 9.17) is 19.9 Å². The predicted octanol–water partition coefficient (Wildman–Crippen LogP) is 1.23. The summed E-state index contributed by atoms with van der Waals surface area (Å²) in [6, 6.07) is 3.42. The minimum atomic E-state index is 0.160. The molecule has 0 saturated carbocycles. The maximum Gasteiger partial charge on any atom is 0.240 e. The highest BCUT2D eigenvalue weighted by molar-refractivity contribution is 5.49. The second-order valence-corrected chi connectivity index (χ2v) is 3.69. The van der Waals surface area contributed by atoms with E-state index in [2.05, 4.69) is 4.98 Å². The molecule has 1 saturated heterocycles. The van der Waals surface area contributed by atoms with Crippen molar-refractivity contribution in [1.29, 1.82) is 0 Å². The monoisotopic (exact) mass is 224 g/mol. The largest absolute Gasteiger partial charge is 0.481 e. The molecule has 5 nitrogen and oxygen atoms in total. The quantitative estimate of drug-likeness (QED) is 0.833. The van der Waals surface area contributed by atoms with Crippen LogP contribution in [0.2, 0.25) is 0 Å². The third-order valence-corrected chi connectivity index (χ3v) is 2.50. The smallest absolute Gasteiger partial charge is 0.240 e. The summed E-state index contributed by atoms with van der Waals surface area (Å²) in [5.41, 5.74) is 6.26. The number of nitrogens with zero attached hydrogens (tertiary/aromatic N) is 1. The van der Waals surface area contributed by atoms with Crippen LogP contribution in [0.25, 0.3) is 0 Å². The molecule has 16 heavy (non-hydrogen) atoms. The molecule has 0 aliphatic carbocycles. The fraction of sp³-hybridized carbons (Fsp3) is 0.545. The molecular weight excluding hydrogens is 208 g/mol. The summed E-state index contributed by atoms with van der Waals surface area (Å²) in [6.45, 7) is 1.30. The van der Waals surface area contributed by atoms with Crippen molar-refractivity contribution in [2.24, 2.45) is 0 Å². The Kier molecular flexibility index (Phi) is 3.46. The molecule has 2 N–H and O–H groups in total. The van der Waals surface area contributed by atoms with Crippen LogP contribution in [0.1, 0.15) is 12.8 Å². The molecule has 2 heterocycles. The van der Waals surface area contributed by atoms with Gasteiger partial charge < -0.3 is 19.9 Å². The van der Waals surface area contributed by atoms with Crippen molar-refractivity contribution in [2.45, 2.75) is 18.9 Å². The Bertz CT molecular complexity index is 351. The lowest BCUT2D eigenvalue weighted by atomic mass is 10.2. The SMILES string of the molecule is COc1ccc(N)c(OCC2CCCO2)n1. The van der Waals surface area contributed by atoms with E-state index >= 15 is 0 Å². The third-order valence-electron chi connectivity index (χ3n) is 2.50. The van der Waals surface area contributed by atoms with Crippen LogP contribution in [0.4, 0.5) is 5.69 Å². The van der Waals surface area contributed by atoms with Crippen LogP contribution in [-0.4, -0.2) is 31.4 Å². The number of pyridine rings is 1. The summed E-state index contributed by atoms with van der Waals surface area (Å²) >= 11 is 0. The van der Waals surface area contributed by atoms with E-state index < -0.39 is 0 Å². The first-order chi connectivity index (χ1) is 7.79. The summed E-state index contributed by atoms with van der Waals surface area (Å²) in [6.07, 6.45) is 2.28. The molecule has 5 heteroatoms. The lowest BCUT2D eigenvalue weighted by Crippen LogP contribution is -2.17. The number of hydrogen-bond donors (Lipinski definition) is 1. The molecule has 0 bridgehead atoms. The van der Waals surface area contributed by atoms with Gasteiger partial charge >= 0.3 is 0 Å². The number of anilines is 1. The number of nitrogen functional groups attached to an aromatic ring is 1. The van der Waals surface area contributed by atoms with Gasteiger partial charge in [0, 0.05) is 12.7 Å². The number of aromatic nitrogens is 1. The number of ether oxygens (including phenoxy) is 3. The lowest BCUT2D eigenvalue weighted by Gasteiger charge is -2.12. The first-order valence-electron chi connectivity index (χ1n) is 5.34. The zero-order valence-corrected chi connectivity index (χ0v) is 9.31. The lowest BCUT2D eigenvalue weighted by molar-refractivity contribution is 0.0664. The zero-order chi connectivity index (χ0) is 11.4. The second kappa shape index (κ2) is 5.03. The molecule has 0 radical (unpaired) electrons. The van der Waals surface area contributed by atoms with E-state index in [-0.39, 0.29) is 6.10 Å². The van der Waals surface area contributed by atoms with Crippen LogP contribution in [0.5, 0.6) is 11.8 Å². The van der Waals surface area contributed by atoms with Crippen LogP contribution >= 0.6 is 0 Å². The molecule has 1 atom stereocenters. The number of nitrogens with two attached hydrogens (primary N) is 1. The van der Waals surface area contributed by atoms with Gasteiger partial charge in [-0.05, 0) is 18.9 Å². The zero-order valence-electron chi connectivity index (χ0n) is 9.31. The highest BCUT2D eigenvalue weighted by Crippen LogP contribution is 2.23. The van der Waals surface area contributed by atoms with Gasteiger partial charge in [-0.25, -0.2) is 0 Å². The van der Waals surface area contributed by atoms with Gasteiger partial charge in [-0.3, -0.25) is 0 Å². The standard InChI is InChI=1S/C11H16N2O3/c1-14-10-5-4-9(12)11(13-10)16-7-8-3-2-6-15-8/h4-5,8H,2-3,6-7,12H2,1H3. The van der Waals surface area contributed by atoms with Gasteiger partial charge in [0.05, 0.1) is 18.9 Å². The van der Waals surface area contributed by atoms with E-state index in [0.29, 0.717) is 24.1 Å². The molecule has 1 aromatic heterocycles. The van der Waals surface area contributed by atoms with Crippen LogP contribution in [-0.2, 0) is 4.74 Å². The van der Waals surface area contributed by atoms with Gasteiger partial charge in [-0.1, -0.05) is 0 Å². The first kappa shape index (κ1) is 11.0. The Morgan fingerprint density at radius 3 is 3.12 bits per heavy atom. The van der Waals surface area contributed by atoms with Crippen molar-refractivity contribution in [3.8, 4) is 11.8 Å². The van der Waals surface area contributed by atoms with Gasteiger partial charge in [0.2, 0.25) is 11.8 Å². The Balaban J connectivity index is 1.96. The molecule has 0 aromatic carbocycles. The van der Waals surface area contributed by atoms with E-state index in [1.165, 1.54) is 0 Å². The van der Waals surface area contributed by atoms with Crippen molar-refractivity contribution in [3.63, 3.8) is 0 Å². The van der Waals surface area contributed by atoms with Crippen molar-refractivity contribution < 1.29 is 14.2 Å².